The molecule has 0 aliphatic carbocycles. The third-order valence-corrected chi connectivity index (χ3v) is 3.97. The predicted molar refractivity (Wildman–Crippen MR) is 74.2 cm³/mol. The molecule has 2 rings (SSSR count). The van der Waals surface area contributed by atoms with Crippen molar-refractivity contribution in [1.29, 1.82) is 0 Å². The Hall–Kier alpha value is -1.26. The summed E-state index contributed by atoms with van der Waals surface area (Å²) in [5.74, 6) is -0.215. The van der Waals surface area contributed by atoms with Gasteiger partial charge in [-0.05, 0) is 32.0 Å². The van der Waals surface area contributed by atoms with E-state index in [-0.39, 0.29) is 11.9 Å². The molecule has 0 spiro atoms. The van der Waals surface area contributed by atoms with Crippen molar-refractivity contribution in [2.75, 3.05) is 6.54 Å². The van der Waals surface area contributed by atoms with Crippen LogP contribution in [0.5, 0.6) is 0 Å². The van der Waals surface area contributed by atoms with Crippen LogP contribution in [0.2, 0.25) is 0 Å². The standard InChI is InChI=1S/C14H17FN2S/c1-3-8-16-10(2)13-9-17-14(18-13)11-6-4-5-7-12(11)15/h4-7,9-10,16H,3,8H2,1-2H3. The molecule has 2 nitrogen and oxygen atoms in total. The van der Waals surface area contributed by atoms with Crippen LogP contribution in [-0.4, -0.2) is 11.5 Å². The van der Waals surface area contributed by atoms with Gasteiger partial charge in [0.2, 0.25) is 0 Å². The fourth-order valence-corrected chi connectivity index (χ4v) is 2.68. The molecule has 1 unspecified atom stereocenters. The van der Waals surface area contributed by atoms with Gasteiger partial charge in [-0.3, -0.25) is 0 Å². The Balaban J connectivity index is 2.18. The van der Waals surface area contributed by atoms with Crippen molar-refractivity contribution in [2.45, 2.75) is 26.3 Å². The van der Waals surface area contributed by atoms with Gasteiger partial charge >= 0.3 is 0 Å². The fraction of sp³-hybridized carbons (Fsp3) is 0.357. The molecule has 1 heterocycles. The summed E-state index contributed by atoms with van der Waals surface area (Å²) in [4.78, 5) is 5.46. The van der Waals surface area contributed by atoms with Crippen LogP contribution >= 0.6 is 11.3 Å². The Morgan fingerprint density at radius 2 is 2.17 bits per heavy atom. The third kappa shape index (κ3) is 2.94. The van der Waals surface area contributed by atoms with E-state index in [9.17, 15) is 4.39 Å². The second kappa shape index (κ2) is 6.07. The van der Waals surface area contributed by atoms with Crippen LogP contribution in [0.3, 0.4) is 0 Å². The molecule has 96 valence electrons. The zero-order valence-corrected chi connectivity index (χ0v) is 11.4. The number of nitrogens with zero attached hydrogens (tertiary/aromatic N) is 1. The molecule has 0 saturated heterocycles. The fourth-order valence-electron chi connectivity index (χ4n) is 1.71. The highest BCUT2D eigenvalue weighted by Gasteiger charge is 2.12. The van der Waals surface area contributed by atoms with E-state index < -0.39 is 0 Å². The minimum Gasteiger partial charge on any atom is -0.309 e. The van der Waals surface area contributed by atoms with E-state index in [0.29, 0.717) is 5.56 Å². The molecule has 1 aromatic carbocycles. The smallest absolute Gasteiger partial charge is 0.133 e. The highest BCUT2D eigenvalue weighted by molar-refractivity contribution is 7.15. The van der Waals surface area contributed by atoms with Crippen LogP contribution in [0.4, 0.5) is 4.39 Å². The first-order valence-electron chi connectivity index (χ1n) is 6.16. The Kier molecular flexibility index (Phi) is 4.44. The normalized spacial score (nSPS) is 12.6. The topological polar surface area (TPSA) is 24.9 Å². The minimum absolute atomic E-state index is 0.215. The lowest BCUT2D eigenvalue weighted by atomic mass is 10.2. The molecular formula is C14H17FN2S. The molecule has 0 radical (unpaired) electrons. The van der Waals surface area contributed by atoms with E-state index in [0.717, 1.165) is 22.9 Å². The summed E-state index contributed by atoms with van der Waals surface area (Å²) in [7, 11) is 0. The first-order chi connectivity index (χ1) is 8.72. The maximum atomic E-state index is 13.6. The summed E-state index contributed by atoms with van der Waals surface area (Å²) in [5, 5.41) is 4.15. The van der Waals surface area contributed by atoms with Gasteiger partial charge in [-0.2, -0.15) is 0 Å². The van der Waals surface area contributed by atoms with Crippen LogP contribution in [0.1, 0.15) is 31.2 Å². The van der Waals surface area contributed by atoms with Gasteiger partial charge in [0.1, 0.15) is 10.8 Å². The number of hydrogen-bond donors (Lipinski definition) is 1. The number of rotatable bonds is 5. The number of nitrogens with one attached hydrogen (secondary N) is 1. The van der Waals surface area contributed by atoms with Crippen LogP contribution < -0.4 is 5.32 Å². The van der Waals surface area contributed by atoms with Gasteiger partial charge in [-0.1, -0.05) is 19.1 Å². The predicted octanol–water partition coefficient (Wildman–Crippen LogP) is 4.01. The number of halogens is 1. The second-order valence-corrected chi connectivity index (χ2v) is 5.29. The first-order valence-corrected chi connectivity index (χ1v) is 6.98. The van der Waals surface area contributed by atoms with Gasteiger partial charge in [-0.15, -0.1) is 11.3 Å². The lowest BCUT2D eigenvalue weighted by molar-refractivity contribution is 0.577. The van der Waals surface area contributed by atoms with Gasteiger partial charge in [0.15, 0.2) is 0 Å². The van der Waals surface area contributed by atoms with E-state index >= 15 is 0 Å². The number of aromatic nitrogens is 1. The van der Waals surface area contributed by atoms with Gasteiger partial charge < -0.3 is 5.32 Å². The summed E-state index contributed by atoms with van der Waals surface area (Å²) < 4.78 is 13.6. The monoisotopic (exact) mass is 264 g/mol. The first kappa shape index (κ1) is 13.2. The van der Waals surface area contributed by atoms with Gasteiger partial charge in [-0.25, -0.2) is 9.37 Å². The number of benzene rings is 1. The van der Waals surface area contributed by atoms with E-state index in [1.165, 1.54) is 6.07 Å². The van der Waals surface area contributed by atoms with E-state index in [4.69, 9.17) is 0 Å². The lowest BCUT2D eigenvalue weighted by Gasteiger charge is -2.09. The van der Waals surface area contributed by atoms with Crippen molar-refractivity contribution in [3.63, 3.8) is 0 Å². The molecule has 0 aliphatic heterocycles. The molecule has 0 amide bonds. The molecule has 4 heteroatoms. The highest BCUT2D eigenvalue weighted by Crippen LogP contribution is 2.30. The Labute approximate surface area is 111 Å². The molecule has 1 N–H and O–H groups in total. The molecule has 0 fully saturated rings. The zero-order chi connectivity index (χ0) is 13.0. The maximum Gasteiger partial charge on any atom is 0.133 e. The Morgan fingerprint density at radius 1 is 1.39 bits per heavy atom. The quantitative estimate of drug-likeness (QED) is 0.882. The molecule has 0 aliphatic rings. The average molecular weight is 264 g/mol. The van der Waals surface area contributed by atoms with Gasteiger partial charge in [0.25, 0.3) is 0 Å². The van der Waals surface area contributed by atoms with Crippen LogP contribution in [-0.2, 0) is 0 Å². The summed E-state index contributed by atoms with van der Waals surface area (Å²) in [6, 6.07) is 7.02. The molecule has 1 atom stereocenters. The second-order valence-electron chi connectivity index (χ2n) is 4.22. The third-order valence-electron chi connectivity index (χ3n) is 2.76. The summed E-state index contributed by atoms with van der Waals surface area (Å²) in [5.41, 5.74) is 0.580. The van der Waals surface area contributed by atoms with Gasteiger partial charge in [0, 0.05) is 22.7 Å². The summed E-state index contributed by atoms with van der Waals surface area (Å²) in [6.07, 6.45) is 2.93. The molecule has 0 saturated carbocycles. The summed E-state index contributed by atoms with van der Waals surface area (Å²) in [6.45, 7) is 5.22. The van der Waals surface area contributed by atoms with Crippen molar-refractivity contribution in [3.05, 3.63) is 41.2 Å². The van der Waals surface area contributed by atoms with Crippen LogP contribution in [0.15, 0.2) is 30.5 Å². The van der Waals surface area contributed by atoms with E-state index in [1.807, 2.05) is 12.3 Å². The number of hydrogen-bond acceptors (Lipinski definition) is 3. The molecular weight excluding hydrogens is 247 g/mol. The SMILES string of the molecule is CCCNC(C)c1cnc(-c2ccccc2F)s1. The lowest BCUT2D eigenvalue weighted by Crippen LogP contribution is -2.18. The molecule has 18 heavy (non-hydrogen) atoms. The average Bonchev–Trinajstić information content (AvgIpc) is 2.86. The Bertz CT molecular complexity index is 510. The molecule has 2 aromatic rings. The van der Waals surface area contributed by atoms with Gasteiger partial charge in [0.05, 0.1) is 0 Å². The maximum absolute atomic E-state index is 13.6. The van der Waals surface area contributed by atoms with Crippen molar-refractivity contribution in [3.8, 4) is 10.6 Å². The van der Waals surface area contributed by atoms with E-state index in [2.05, 4.69) is 24.1 Å². The van der Waals surface area contributed by atoms with Crippen molar-refractivity contribution >= 4 is 11.3 Å². The van der Waals surface area contributed by atoms with Crippen LogP contribution in [0.25, 0.3) is 10.6 Å². The highest BCUT2D eigenvalue weighted by atomic mass is 32.1. The van der Waals surface area contributed by atoms with E-state index in [1.54, 1.807) is 23.5 Å². The minimum atomic E-state index is -0.215. The number of thiazole rings is 1. The van der Waals surface area contributed by atoms with Crippen LogP contribution in [0, 0.1) is 5.82 Å². The van der Waals surface area contributed by atoms with Crippen molar-refractivity contribution in [2.24, 2.45) is 0 Å². The van der Waals surface area contributed by atoms with Crippen molar-refractivity contribution < 1.29 is 4.39 Å². The molecule has 0 bridgehead atoms. The molecule has 1 aromatic heterocycles. The summed E-state index contributed by atoms with van der Waals surface area (Å²) >= 11 is 1.55. The van der Waals surface area contributed by atoms with Crippen molar-refractivity contribution in [1.82, 2.24) is 10.3 Å². The zero-order valence-electron chi connectivity index (χ0n) is 10.6. The Morgan fingerprint density at radius 3 is 2.89 bits per heavy atom. The largest absolute Gasteiger partial charge is 0.309 e.